The minimum atomic E-state index is -2.50. The lowest BCUT2D eigenvalue weighted by Crippen LogP contribution is -2.66. The Kier molecular flexibility index (Phi) is 10.0. The molecular formula is C29H31NO11. The van der Waals surface area contributed by atoms with Crippen LogP contribution >= 0.6 is 0 Å². The van der Waals surface area contributed by atoms with Gasteiger partial charge in [-0.15, -0.1) is 0 Å². The Labute approximate surface area is 236 Å². The van der Waals surface area contributed by atoms with Crippen molar-refractivity contribution in [3.05, 3.63) is 64.7 Å². The number of nitrogens with zero attached hydrogens (tertiary/aromatic N) is 1. The molecule has 0 bridgehead atoms. The topological polar surface area (TPSA) is 168 Å². The predicted octanol–water partition coefficient (Wildman–Crippen LogP) is 2.06. The van der Waals surface area contributed by atoms with Crippen molar-refractivity contribution in [3.8, 4) is 11.8 Å². The molecule has 5 atom stereocenters. The average molecular weight is 570 g/mol. The molecule has 0 radical (unpaired) electrons. The second-order valence-electron chi connectivity index (χ2n) is 9.34. The van der Waals surface area contributed by atoms with Gasteiger partial charge >= 0.3 is 23.9 Å². The van der Waals surface area contributed by atoms with Crippen molar-refractivity contribution < 1.29 is 52.7 Å². The van der Waals surface area contributed by atoms with Gasteiger partial charge in [0.2, 0.25) is 11.9 Å². The first-order chi connectivity index (χ1) is 19.4. The van der Waals surface area contributed by atoms with Crippen LogP contribution in [-0.4, -0.2) is 67.1 Å². The van der Waals surface area contributed by atoms with Gasteiger partial charge in [-0.25, -0.2) is 0 Å². The molecule has 0 unspecified atom stereocenters. The van der Waals surface area contributed by atoms with E-state index in [0.29, 0.717) is 16.9 Å². The molecule has 1 aliphatic heterocycles. The molecule has 2 aromatic rings. The number of carbonyl (C=O) groups is 4. The Bertz CT molecular complexity index is 1330. The number of benzene rings is 2. The van der Waals surface area contributed by atoms with Crippen LogP contribution in [-0.2, 0) is 55.1 Å². The third-order valence-electron chi connectivity index (χ3n) is 6.25. The number of hydrogen-bond acceptors (Lipinski definition) is 12. The van der Waals surface area contributed by atoms with Crippen LogP contribution in [0.5, 0.6) is 5.75 Å². The van der Waals surface area contributed by atoms with Crippen LogP contribution in [0.4, 0.5) is 0 Å². The highest BCUT2D eigenvalue weighted by Crippen LogP contribution is 2.41. The molecular weight excluding hydrogens is 538 g/mol. The van der Waals surface area contributed by atoms with Gasteiger partial charge in [0, 0.05) is 33.3 Å². The highest BCUT2D eigenvalue weighted by Gasteiger charge is 2.60. The molecule has 1 aliphatic rings. The summed E-state index contributed by atoms with van der Waals surface area (Å²) in [6.45, 7) is 3.90. The third kappa shape index (κ3) is 7.59. The number of aliphatic hydroxyl groups is 1. The van der Waals surface area contributed by atoms with Crippen LogP contribution in [0.15, 0.2) is 42.5 Å². The highest BCUT2D eigenvalue weighted by atomic mass is 16.7. The predicted molar refractivity (Wildman–Crippen MR) is 139 cm³/mol. The fourth-order valence-electron chi connectivity index (χ4n) is 4.55. The smallest absolute Gasteiger partial charge is 0.303 e. The van der Waals surface area contributed by atoms with Crippen molar-refractivity contribution in [3.63, 3.8) is 0 Å². The first-order valence-electron chi connectivity index (χ1n) is 12.6. The molecule has 0 aromatic heterocycles. The van der Waals surface area contributed by atoms with Gasteiger partial charge in [0.25, 0.3) is 0 Å². The molecule has 3 rings (SSSR count). The summed E-state index contributed by atoms with van der Waals surface area (Å²) in [7, 11) is 1.54. The van der Waals surface area contributed by atoms with Gasteiger partial charge in [-0.3, -0.25) is 19.2 Å². The van der Waals surface area contributed by atoms with Crippen molar-refractivity contribution in [2.24, 2.45) is 0 Å². The molecule has 218 valence electrons. The molecule has 2 aromatic carbocycles. The van der Waals surface area contributed by atoms with E-state index >= 15 is 0 Å². The van der Waals surface area contributed by atoms with E-state index in [9.17, 15) is 29.5 Å². The van der Waals surface area contributed by atoms with Crippen LogP contribution in [0, 0.1) is 11.3 Å². The van der Waals surface area contributed by atoms with Crippen molar-refractivity contribution in [1.82, 2.24) is 0 Å². The Balaban J connectivity index is 2.16. The first-order valence-corrected chi connectivity index (χ1v) is 12.6. The minimum absolute atomic E-state index is 0.0394. The largest absolute Gasteiger partial charge is 0.497 e. The van der Waals surface area contributed by atoms with Crippen LogP contribution in [0.1, 0.15) is 49.9 Å². The van der Waals surface area contributed by atoms with Crippen LogP contribution in [0.3, 0.4) is 0 Å². The first kappa shape index (κ1) is 31.1. The van der Waals surface area contributed by atoms with E-state index in [1.54, 1.807) is 19.2 Å². The third-order valence-corrected chi connectivity index (χ3v) is 6.25. The SMILES string of the molecule is COc1ccc(Cc2cc([C@]3(O)O[C@H](COC(C)=O)[C@@H](OC(C)=O)[C@H](OC(C)=O)[C@H]3OC(C)=O)ccc2C#N)cc1. The fraction of sp³-hybridized carbons (Fsp3) is 0.414. The zero-order valence-electron chi connectivity index (χ0n) is 23.2. The maximum atomic E-state index is 12.2. The van der Waals surface area contributed by atoms with Crippen LogP contribution < -0.4 is 4.74 Å². The monoisotopic (exact) mass is 569 g/mol. The molecule has 0 spiro atoms. The summed E-state index contributed by atoms with van der Waals surface area (Å²) in [5.74, 6) is -5.03. The molecule has 0 aliphatic carbocycles. The molecule has 12 heteroatoms. The zero-order valence-corrected chi connectivity index (χ0v) is 23.2. The highest BCUT2D eigenvalue weighted by molar-refractivity contribution is 5.69. The van der Waals surface area contributed by atoms with Gasteiger partial charge in [0.05, 0.1) is 18.7 Å². The van der Waals surface area contributed by atoms with Gasteiger partial charge in [-0.1, -0.05) is 18.2 Å². The zero-order chi connectivity index (χ0) is 30.3. The molecule has 0 amide bonds. The van der Waals surface area contributed by atoms with Crippen molar-refractivity contribution in [2.45, 2.75) is 64.3 Å². The Morgan fingerprint density at radius 1 is 0.902 bits per heavy atom. The number of methoxy groups -OCH3 is 1. The number of esters is 4. The van der Waals surface area contributed by atoms with Gasteiger partial charge in [0.15, 0.2) is 12.2 Å². The summed E-state index contributed by atoms with van der Waals surface area (Å²) >= 11 is 0. The number of carbonyl (C=O) groups excluding carboxylic acids is 4. The van der Waals surface area contributed by atoms with Crippen LogP contribution in [0.2, 0.25) is 0 Å². The minimum Gasteiger partial charge on any atom is -0.497 e. The van der Waals surface area contributed by atoms with E-state index in [1.807, 2.05) is 12.1 Å². The lowest BCUT2D eigenvalue weighted by Gasteiger charge is -2.48. The van der Waals surface area contributed by atoms with Crippen molar-refractivity contribution in [2.75, 3.05) is 13.7 Å². The van der Waals surface area contributed by atoms with E-state index in [2.05, 4.69) is 6.07 Å². The Hall–Kier alpha value is -4.47. The van der Waals surface area contributed by atoms with Gasteiger partial charge < -0.3 is 33.5 Å². The average Bonchev–Trinajstić information content (AvgIpc) is 2.91. The molecule has 1 N–H and O–H groups in total. The quantitative estimate of drug-likeness (QED) is 0.345. The van der Waals surface area contributed by atoms with E-state index in [-0.39, 0.29) is 12.0 Å². The van der Waals surface area contributed by atoms with Crippen molar-refractivity contribution >= 4 is 23.9 Å². The van der Waals surface area contributed by atoms with Gasteiger partial charge in [-0.05, 0) is 41.8 Å². The molecule has 1 heterocycles. The van der Waals surface area contributed by atoms with E-state index in [0.717, 1.165) is 33.3 Å². The maximum absolute atomic E-state index is 12.2. The summed E-state index contributed by atoms with van der Waals surface area (Å²) in [5, 5.41) is 21.8. The second kappa shape index (κ2) is 13.3. The van der Waals surface area contributed by atoms with E-state index in [4.69, 9.17) is 28.4 Å². The fourth-order valence-corrected chi connectivity index (χ4v) is 4.55. The number of rotatable bonds is 9. The summed E-state index contributed by atoms with van der Waals surface area (Å²) in [4.78, 5) is 47.9. The number of ether oxygens (including phenoxy) is 6. The van der Waals surface area contributed by atoms with Gasteiger partial charge in [0.1, 0.15) is 18.5 Å². The molecule has 1 fully saturated rings. The van der Waals surface area contributed by atoms with E-state index < -0.39 is 60.7 Å². The lowest BCUT2D eigenvalue weighted by molar-refractivity contribution is -0.360. The Morgan fingerprint density at radius 3 is 2.05 bits per heavy atom. The molecule has 1 saturated heterocycles. The molecule has 0 saturated carbocycles. The van der Waals surface area contributed by atoms with Crippen molar-refractivity contribution in [1.29, 1.82) is 5.26 Å². The maximum Gasteiger partial charge on any atom is 0.303 e. The summed E-state index contributed by atoms with van der Waals surface area (Å²) < 4.78 is 32.5. The summed E-state index contributed by atoms with van der Waals surface area (Å²) in [6.07, 6.45) is -5.82. The standard InChI is InChI=1S/C29H31NO11/c1-16(31)37-15-25-26(38-17(2)32)27(39-18(3)33)28(40-19(4)34)29(35,41-25)23-9-8-21(14-30)22(13-23)12-20-6-10-24(36-5)11-7-20/h6-11,13,25-28,35H,12,15H2,1-5H3/t25-,26-,27+,28-,29+/m1/s1. The molecule has 12 nitrogen and oxygen atoms in total. The Morgan fingerprint density at radius 2 is 1.51 bits per heavy atom. The second-order valence-corrected chi connectivity index (χ2v) is 9.34. The van der Waals surface area contributed by atoms with Crippen LogP contribution in [0.25, 0.3) is 0 Å². The summed E-state index contributed by atoms with van der Waals surface area (Å²) in [5.41, 5.74) is 1.67. The lowest BCUT2D eigenvalue weighted by atomic mass is 9.85. The normalized spacial score (nSPS) is 23.4. The number of nitriles is 1. The van der Waals surface area contributed by atoms with E-state index in [1.165, 1.54) is 18.2 Å². The number of hydrogen-bond donors (Lipinski definition) is 1. The summed E-state index contributed by atoms with van der Waals surface area (Å²) in [6, 6.07) is 13.6. The molecule has 41 heavy (non-hydrogen) atoms. The van der Waals surface area contributed by atoms with Gasteiger partial charge in [-0.2, -0.15) is 5.26 Å².